The fourth-order valence-electron chi connectivity index (χ4n) is 3.16. The molecule has 0 bridgehead atoms. The van der Waals surface area contributed by atoms with Gasteiger partial charge in [-0.2, -0.15) is 0 Å². The minimum Gasteiger partial charge on any atom is -0.481 e. The molecule has 2 rings (SSSR count). The summed E-state index contributed by atoms with van der Waals surface area (Å²) in [6.45, 7) is 0.822. The van der Waals surface area contributed by atoms with Crippen LogP contribution in [0.3, 0.4) is 0 Å². The lowest BCUT2D eigenvalue weighted by Crippen LogP contribution is -2.40. The van der Waals surface area contributed by atoms with Crippen LogP contribution in [0.2, 0.25) is 0 Å². The zero-order valence-electron chi connectivity index (χ0n) is 12.1. The van der Waals surface area contributed by atoms with Gasteiger partial charge >= 0.3 is 5.97 Å². The van der Waals surface area contributed by atoms with Gasteiger partial charge in [-0.1, -0.05) is 43.2 Å². The third-order valence-electron chi connectivity index (χ3n) is 4.22. The third kappa shape index (κ3) is 4.97. The van der Waals surface area contributed by atoms with Gasteiger partial charge in [-0.05, 0) is 43.7 Å². The summed E-state index contributed by atoms with van der Waals surface area (Å²) in [7, 11) is 0. The molecule has 0 aromatic heterocycles. The number of carboxylic acid groups (broad SMARTS) is 1. The van der Waals surface area contributed by atoms with E-state index in [9.17, 15) is 4.79 Å². The lowest BCUT2D eigenvalue weighted by molar-refractivity contribution is -0.137. The third-order valence-corrected chi connectivity index (χ3v) is 4.22. The first kappa shape index (κ1) is 15.0. The van der Waals surface area contributed by atoms with Crippen LogP contribution in [0.4, 0.5) is 0 Å². The van der Waals surface area contributed by atoms with Crippen molar-refractivity contribution in [1.82, 2.24) is 5.32 Å². The zero-order chi connectivity index (χ0) is 14.2. The van der Waals surface area contributed by atoms with Crippen molar-refractivity contribution in [2.24, 2.45) is 5.92 Å². The first-order chi connectivity index (χ1) is 9.75. The fraction of sp³-hybridized carbons (Fsp3) is 0.588. The van der Waals surface area contributed by atoms with E-state index in [-0.39, 0.29) is 6.42 Å². The van der Waals surface area contributed by atoms with Crippen molar-refractivity contribution in [3.8, 4) is 0 Å². The number of carboxylic acids is 1. The number of carbonyl (C=O) groups is 1. The van der Waals surface area contributed by atoms with Gasteiger partial charge in [0.05, 0.1) is 0 Å². The van der Waals surface area contributed by atoms with Gasteiger partial charge in [0.1, 0.15) is 0 Å². The Labute approximate surface area is 121 Å². The molecule has 0 heterocycles. The monoisotopic (exact) mass is 275 g/mol. The summed E-state index contributed by atoms with van der Waals surface area (Å²) in [5.74, 6) is -0.00717. The van der Waals surface area contributed by atoms with E-state index in [2.05, 4.69) is 35.6 Å². The molecule has 0 saturated heterocycles. The maximum absolute atomic E-state index is 10.5. The van der Waals surface area contributed by atoms with Gasteiger partial charge in [0, 0.05) is 12.5 Å². The van der Waals surface area contributed by atoms with Gasteiger partial charge in [-0.15, -0.1) is 0 Å². The molecule has 3 heteroatoms. The van der Waals surface area contributed by atoms with Crippen LogP contribution >= 0.6 is 0 Å². The molecule has 1 aliphatic rings. The Morgan fingerprint density at radius 1 is 1.20 bits per heavy atom. The highest BCUT2D eigenvalue weighted by Gasteiger charge is 2.24. The molecule has 0 amide bonds. The van der Waals surface area contributed by atoms with Crippen LogP contribution < -0.4 is 5.32 Å². The molecular formula is C17H25NO2. The van der Waals surface area contributed by atoms with Crippen LogP contribution in [0.1, 0.15) is 44.1 Å². The van der Waals surface area contributed by atoms with Gasteiger partial charge in [0.2, 0.25) is 0 Å². The minimum absolute atomic E-state index is 0.267. The summed E-state index contributed by atoms with van der Waals surface area (Å²) in [5, 5.41) is 12.3. The number of nitrogens with one attached hydrogen (secondary N) is 1. The first-order valence-corrected chi connectivity index (χ1v) is 7.75. The summed E-state index contributed by atoms with van der Waals surface area (Å²) in [4.78, 5) is 10.5. The predicted octanol–water partition coefficient (Wildman–Crippen LogP) is 3.24. The largest absolute Gasteiger partial charge is 0.481 e. The fourth-order valence-corrected chi connectivity index (χ4v) is 3.16. The van der Waals surface area contributed by atoms with Crippen LogP contribution in [0.25, 0.3) is 0 Å². The highest BCUT2D eigenvalue weighted by atomic mass is 16.4. The molecule has 2 atom stereocenters. The molecule has 0 spiro atoms. The van der Waals surface area contributed by atoms with Crippen LogP contribution in [-0.2, 0) is 11.2 Å². The van der Waals surface area contributed by atoms with E-state index < -0.39 is 5.97 Å². The van der Waals surface area contributed by atoms with Crippen molar-refractivity contribution in [2.75, 3.05) is 6.54 Å². The van der Waals surface area contributed by atoms with Gasteiger partial charge in [-0.3, -0.25) is 4.79 Å². The van der Waals surface area contributed by atoms with E-state index in [0.29, 0.717) is 12.0 Å². The molecule has 0 radical (unpaired) electrons. The molecule has 0 aliphatic heterocycles. The van der Waals surface area contributed by atoms with E-state index >= 15 is 0 Å². The molecule has 3 nitrogen and oxygen atoms in total. The molecular weight excluding hydrogens is 250 g/mol. The van der Waals surface area contributed by atoms with Crippen LogP contribution in [0.15, 0.2) is 30.3 Å². The number of hydrogen-bond acceptors (Lipinski definition) is 2. The van der Waals surface area contributed by atoms with Crippen molar-refractivity contribution in [3.63, 3.8) is 0 Å². The van der Waals surface area contributed by atoms with E-state index in [1.807, 2.05) is 0 Å². The van der Waals surface area contributed by atoms with E-state index in [0.717, 1.165) is 19.4 Å². The van der Waals surface area contributed by atoms with E-state index in [1.54, 1.807) is 0 Å². The van der Waals surface area contributed by atoms with Gasteiger partial charge in [0.25, 0.3) is 0 Å². The molecule has 2 unspecified atom stereocenters. The first-order valence-electron chi connectivity index (χ1n) is 7.75. The van der Waals surface area contributed by atoms with Crippen molar-refractivity contribution < 1.29 is 9.90 Å². The maximum atomic E-state index is 10.5. The average molecular weight is 275 g/mol. The number of hydrogen-bond donors (Lipinski definition) is 2. The van der Waals surface area contributed by atoms with Crippen molar-refractivity contribution >= 4 is 5.97 Å². The lowest BCUT2D eigenvalue weighted by Gasteiger charge is -2.32. The molecule has 1 aromatic rings. The summed E-state index contributed by atoms with van der Waals surface area (Å²) in [5.41, 5.74) is 1.41. The lowest BCUT2D eigenvalue weighted by atomic mass is 9.80. The standard InChI is InChI=1S/C17H25NO2/c19-17(20)11-6-12-18-16-10-5-4-9-15(16)13-14-7-2-1-3-8-14/h1-3,7-8,15-16,18H,4-6,9-13H2,(H,19,20). The smallest absolute Gasteiger partial charge is 0.303 e. The molecule has 1 aliphatic carbocycles. The Bertz CT molecular complexity index is 405. The molecule has 1 saturated carbocycles. The van der Waals surface area contributed by atoms with Gasteiger partial charge in [0.15, 0.2) is 0 Å². The molecule has 1 fully saturated rings. The number of aliphatic carboxylic acids is 1. The molecule has 20 heavy (non-hydrogen) atoms. The molecule has 110 valence electrons. The normalized spacial score (nSPS) is 22.6. The zero-order valence-corrected chi connectivity index (χ0v) is 12.1. The predicted molar refractivity (Wildman–Crippen MR) is 80.8 cm³/mol. The van der Waals surface area contributed by atoms with Crippen molar-refractivity contribution in [1.29, 1.82) is 0 Å². The van der Waals surface area contributed by atoms with E-state index in [1.165, 1.54) is 31.2 Å². The summed E-state index contributed by atoms with van der Waals surface area (Å²) in [6.07, 6.45) is 7.26. The molecule has 2 N–H and O–H groups in total. The minimum atomic E-state index is -0.698. The quantitative estimate of drug-likeness (QED) is 0.751. The van der Waals surface area contributed by atoms with Crippen LogP contribution in [0.5, 0.6) is 0 Å². The number of benzene rings is 1. The highest BCUT2D eigenvalue weighted by molar-refractivity contribution is 5.66. The van der Waals surface area contributed by atoms with Crippen molar-refractivity contribution in [3.05, 3.63) is 35.9 Å². The highest BCUT2D eigenvalue weighted by Crippen LogP contribution is 2.27. The summed E-state index contributed by atoms with van der Waals surface area (Å²) < 4.78 is 0. The summed E-state index contributed by atoms with van der Waals surface area (Å²) in [6, 6.07) is 11.2. The Morgan fingerprint density at radius 2 is 1.95 bits per heavy atom. The topological polar surface area (TPSA) is 49.3 Å². The molecule has 1 aromatic carbocycles. The average Bonchev–Trinajstić information content (AvgIpc) is 2.46. The Hall–Kier alpha value is -1.35. The van der Waals surface area contributed by atoms with Gasteiger partial charge < -0.3 is 10.4 Å². The SMILES string of the molecule is O=C(O)CCCNC1CCCCC1Cc1ccccc1. The second-order valence-electron chi connectivity index (χ2n) is 5.79. The van der Waals surface area contributed by atoms with E-state index in [4.69, 9.17) is 5.11 Å². The van der Waals surface area contributed by atoms with Crippen molar-refractivity contribution in [2.45, 2.75) is 51.0 Å². The van der Waals surface area contributed by atoms with Gasteiger partial charge in [-0.25, -0.2) is 0 Å². The Kier molecular flexibility index (Phi) is 6.06. The maximum Gasteiger partial charge on any atom is 0.303 e. The van der Waals surface area contributed by atoms with Crippen LogP contribution in [-0.4, -0.2) is 23.7 Å². The Morgan fingerprint density at radius 3 is 2.70 bits per heavy atom. The Balaban J connectivity index is 1.80. The number of rotatable bonds is 7. The second-order valence-corrected chi connectivity index (χ2v) is 5.79. The van der Waals surface area contributed by atoms with Crippen LogP contribution in [0, 0.1) is 5.92 Å². The second kappa shape index (κ2) is 8.05. The summed E-state index contributed by atoms with van der Waals surface area (Å²) >= 11 is 0.